The Morgan fingerprint density at radius 1 is 1.12 bits per heavy atom. The van der Waals surface area contributed by atoms with Crippen LogP contribution in [-0.2, 0) is 27.1 Å². The third kappa shape index (κ3) is 10.8. The molecule has 188 valence electrons. The van der Waals surface area contributed by atoms with Crippen molar-refractivity contribution < 1.29 is 19.4 Å². The number of thioether (sulfide) groups is 1. The van der Waals surface area contributed by atoms with E-state index in [9.17, 15) is 9.90 Å². The predicted molar refractivity (Wildman–Crippen MR) is 136 cm³/mol. The average molecular weight is 481 g/mol. The van der Waals surface area contributed by atoms with Gasteiger partial charge < -0.3 is 26.0 Å². The predicted octanol–water partition coefficient (Wildman–Crippen LogP) is 3.95. The Balaban J connectivity index is 1.71. The largest absolute Gasteiger partial charge is 0.465 e. The van der Waals surface area contributed by atoms with Crippen molar-refractivity contribution in [3.63, 3.8) is 0 Å². The normalized spacial score (nSPS) is 22.3. The number of hydrogen-bond acceptors (Lipinski definition) is 7. The Kier molecular flexibility index (Phi) is 12.8. The van der Waals surface area contributed by atoms with Gasteiger partial charge >= 0.3 is 5.97 Å². The van der Waals surface area contributed by atoms with Crippen LogP contribution in [0.4, 0.5) is 0 Å². The number of benzene rings is 1. The zero-order valence-electron chi connectivity index (χ0n) is 20.5. The quantitative estimate of drug-likeness (QED) is 0.243. The SMILES string of the molecule is CCCCCCCCc1ccc(CCC(N)(CO)COC2C[C@H](N)[C@H](COC(C)=O)S2)cc1. The first-order valence-electron chi connectivity index (χ1n) is 12.5. The summed E-state index contributed by atoms with van der Waals surface area (Å²) in [4.78, 5) is 11.0. The molecular weight excluding hydrogens is 436 g/mol. The number of aryl methyl sites for hydroxylation is 2. The van der Waals surface area contributed by atoms with Gasteiger partial charge in [-0.1, -0.05) is 63.3 Å². The molecule has 2 unspecified atom stereocenters. The van der Waals surface area contributed by atoms with Crippen LogP contribution in [0, 0.1) is 0 Å². The summed E-state index contributed by atoms with van der Waals surface area (Å²) in [5, 5.41) is 9.93. The highest BCUT2D eigenvalue weighted by Gasteiger charge is 2.35. The van der Waals surface area contributed by atoms with Crippen molar-refractivity contribution in [3.8, 4) is 0 Å². The number of unbranched alkanes of at least 4 members (excludes halogenated alkanes) is 5. The Labute approximate surface area is 204 Å². The number of ether oxygens (including phenoxy) is 2. The number of hydrogen-bond donors (Lipinski definition) is 3. The smallest absolute Gasteiger partial charge is 0.302 e. The van der Waals surface area contributed by atoms with Gasteiger partial charge in [-0.05, 0) is 43.2 Å². The van der Waals surface area contributed by atoms with Crippen LogP contribution in [0.25, 0.3) is 0 Å². The summed E-state index contributed by atoms with van der Waals surface area (Å²) in [5.41, 5.74) is 14.3. The van der Waals surface area contributed by atoms with Gasteiger partial charge in [0.2, 0.25) is 0 Å². The molecule has 1 fully saturated rings. The summed E-state index contributed by atoms with van der Waals surface area (Å²) in [6.07, 6.45) is 11.1. The van der Waals surface area contributed by atoms with E-state index in [0.29, 0.717) is 19.4 Å². The molecule has 33 heavy (non-hydrogen) atoms. The van der Waals surface area contributed by atoms with Crippen LogP contribution in [0.15, 0.2) is 24.3 Å². The van der Waals surface area contributed by atoms with Gasteiger partial charge in [0.25, 0.3) is 0 Å². The van der Waals surface area contributed by atoms with Crippen molar-refractivity contribution in [2.75, 3.05) is 19.8 Å². The maximum Gasteiger partial charge on any atom is 0.302 e. The van der Waals surface area contributed by atoms with Crippen LogP contribution in [-0.4, -0.2) is 53.2 Å². The number of carbonyl (C=O) groups excluding carboxylic acids is 1. The summed E-state index contributed by atoms with van der Waals surface area (Å²) in [7, 11) is 0. The molecule has 1 aromatic carbocycles. The molecule has 0 saturated carbocycles. The molecule has 1 aliphatic heterocycles. The third-order valence-corrected chi connectivity index (χ3v) is 7.81. The maximum absolute atomic E-state index is 11.0. The van der Waals surface area contributed by atoms with E-state index in [-0.39, 0.29) is 35.9 Å². The average Bonchev–Trinajstić information content (AvgIpc) is 3.17. The lowest BCUT2D eigenvalue weighted by molar-refractivity contribution is -0.140. The van der Waals surface area contributed by atoms with E-state index < -0.39 is 5.54 Å². The summed E-state index contributed by atoms with van der Waals surface area (Å²) in [5.74, 6) is -0.302. The van der Waals surface area contributed by atoms with Crippen LogP contribution in [0.1, 0.15) is 76.3 Å². The molecule has 0 spiro atoms. The van der Waals surface area contributed by atoms with Crippen LogP contribution in [0.3, 0.4) is 0 Å². The molecule has 2 rings (SSSR count). The van der Waals surface area contributed by atoms with E-state index in [2.05, 4.69) is 31.2 Å². The highest BCUT2D eigenvalue weighted by molar-refractivity contribution is 8.00. The van der Waals surface area contributed by atoms with Gasteiger partial charge in [-0.3, -0.25) is 4.79 Å². The molecule has 0 aliphatic carbocycles. The molecule has 1 heterocycles. The van der Waals surface area contributed by atoms with E-state index in [4.69, 9.17) is 20.9 Å². The molecule has 5 N–H and O–H groups in total. The third-order valence-electron chi connectivity index (χ3n) is 6.34. The highest BCUT2D eigenvalue weighted by Crippen LogP contribution is 2.34. The van der Waals surface area contributed by atoms with Gasteiger partial charge in [-0.2, -0.15) is 0 Å². The highest BCUT2D eigenvalue weighted by atomic mass is 32.2. The van der Waals surface area contributed by atoms with E-state index in [0.717, 1.165) is 12.8 Å². The molecule has 4 atom stereocenters. The summed E-state index contributed by atoms with van der Waals surface area (Å²) >= 11 is 1.58. The fourth-order valence-electron chi connectivity index (χ4n) is 4.03. The van der Waals surface area contributed by atoms with Crippen molar-refractivity contribution in [1.29, 1.82) is 0 Å². The molecule has 1 aliphatic rings. The summed E-state index contributed by atoms with van der Waals surface area (Å²) in [6.45, 7) is 4.07. The number of esters is 1. The van der Waals surface area contributed by atoms with Gasteiger partial charge in [0.1, 0.15) is 12.0 Å². The van der Waals surface area contributed by atoms with Crippen molar-refractivity contribution >= 4 is 17.7 Å². The molecule has 0 aromatic heterocycles. The fourth-order valence-corrected chi connectivity index (χ4v) is 5.36. The Morgan fingerprint density at radius 2 is 1.76 bits per heavy atom. The first-order chi connectivity index (χ1) is 15.8. The van der Waals surface area contributed by atoms with Gasteiger partial charge in [-0.25, -0.2) is 0 Å². The maximum atomic E-state index is 11.0. The number of nitrogens with two attached hydrogens (primary N) is 2. The lowest BCUT2D eigenvalue weighted by atomic mass is 9.93. The van der Waals surface area contributed by atoms with Crippen molar-refractivity contribution in [3.05, 3.63) is 35.4 Å². The zero-order valence-corrected chi connectivity index (χ0v) is 21.3. The molecule has 1 saturated heterocycles. The van der Waals surface area contributed by atoms with Crippen molar-refractivity contribution in [2.45, 2.75) is 100 Å². The molecule has 0 radical (unpaired) electrons. The molecule has 7 heteroatoms. The lowest BCUT2D eigenvalue weighted by Gasteiger charge is -2.28. The van der Waals surface area contributed by atoms with Gasteiger partial charge in [0.05, 0.1) is 24.0 Å². The molecule has 0 bridgehead atoms. The molecule has 6 nitrogen and oxygen atoms in total. The second kappa shape index (κ2) is 15.0. The molecule has 1 aromatic rings. The van der Waals surface area contributed by atoms with Gasteiger partial charge in [0, 0.05) is 13.0 Å². The second-order valence-corrected chi connectivity index (χ2v) is 10.9. The van der Waals surface area contributed by atoms with E-state index in [1.807, 2.05) is 0 Å². The standard InChI is InChI=1S/C26H44N2O4S/c1-3-4-5-6-7-8-9-21-10-12-22(13-11-21)14-15-26(28,18-29)19-32-25-16-23(27)24(33-25)17-31-20(2)30/h10-13,23-25,29H,3-9,14-19,27-28H2,1-2H3/t23-,24-,25?,26?/m0/s1. The molecular formula is C26H44N2O4S. The summed E-state index contributed by atoms with van der Waals surface area (Å²) in [6, 6.07) is 8.70. The topological polar surface area (TPSA) is 108 Å². The van der Waals surface area contributed by atoms with E-state index in [1.165, 1.54) is 56.6 Å². The van der Waals surface area contributed by atoms with Crippen molar-refractivity contribution in [2.24, 2.45) is 11.5 Å². The van der Waals surface area contributed by atoms with Crippen molar-refractivity contribution in [1.82, 2.24) is 0 Å². The monoisotopic (exact) mass is 480 g/mol. The van der Waals surface area contributed by atoms with Gasteiger partial charge in [0.15, 0.2) is 0 Å². The molecule has 0 amide bonds. The van der Waals surface area contributed by atoms with Crippen LogP contribution < -0.4 is 11.5 Å². The van der Waals surface area contributed by atoms with Crippen LogP contribution >= 0.6 is 11.8 Å². The minimum Gasteiger partial charge on any atom is -0.465 e. The lowest BCUT2D eigenvalue weighted by Crippen LogP contribution is -2.49. The first kappa shape index (κ1) is 28.1. The zero-order chi connectivity index (χ0) is 24.1. The Bertz CT molecular complexity index is 687. The summed E-state index contributed by atoms with van der Waals surface area (Å²) < 4.78 is 11.1. The number of aliphatic hydroxyl groups is 1. The van der Waals surface area contributed by atoms with Crippen LogP contribution in [0.2, 0.25) is 0 Å². The van der Waals surface area contributed by atoms with E-state index >= 15 is 0 Å². The number of rotatable bonds is 16. The van der Waals surface area contributed by atoms with E-state index in [1.54, 1.807) is 11.8 Å². The Hall–Kier alpha value is -1.12. The Morgan fingerprint density at radius 3 is 2.39 bits per heavy atom. The second-order valence-electron chi connectivity index (χ2n) is 9.47. The first-order valence-corrected chi connectivity index (χ1v) is 13.4. The number of aliphatic hydroxyl groups excluding tert-OH is 1. The minimum atomic E-state index is -0.796. The number of carbonyl (C=O) groups is 1. The van der Waals surface area contributed by atoms with Gasteiger partial charge in [-0.15, -0.1) is 11.8 Å². The minimum absolute atomic E-state index is 0.0232. The van der Waals surface area contributed by atoms with Crippen LogP contribution in [0.5, 0.6) is 0 Å². The fraction of sp³-hybridized carbons (Fsp3) is 0.731.